The van der Waals surface area contributed by atoms with E-state index in [9.17, 15) is 18.0 Å². The van der Waals surface area contributed by atoms with E-state index in [1.807, 2.05) is 13.8 Å². The number of nitrogens with zero attached hydrogens (tertiary/aromatic N) is 1. The number of likely N-dealkylation sites (N-methyl/N-ethyl adjacent to an activating group) is 1. The van der Waals surface area contributed by atoms with Gasteiger partial charge in [0, 0.05) is 19.0 Å². The predicted molar refractivity (Wildman–Crippen MR) is 77.0 cm³/mol. The average Bonchev–Trinajstić information content (AvgIpc) is 2.75. The van der Waals surface area contributed by atoms with Crippen LogP contribution in [0.3, 0.4) is 0 Å². The highest BCUT2D eigenvalue weighted by molar-refractivity contribution is 7.91. The van der Waals surface area contributed by atoms with Crippen molar-refractivity contribution in [3.63, 3.8) is 0 Å². The minimum atomic E-state index is -3.01. The lowest BCUT2D eigenvalue weighted by Gasteiger charge is -2.27. The zero-order chi connectivity index (χ0) is 15.2. The van der Waals surface area contributed by atoms with E-state index in [0.717, 1.165) is 12.8 Å². The lowest BCUT2D eigenvalue weighted by atomic mass is 10.2. The molecule has 20 heavy (non-hydrogen) atoms. The third-order valence-corrected chi connectivity index (χ3v) is 5.25. The molecule has 6 nitrogen and oxygen atoms in total. The summed E-state index contributed by atoms with van der Waals surface area (Å²) in [5.41, 5.74) is 0. The molecule has 0 aromatic carbocycles. The fourth-order valence-corrected chi connectivity index (χ4v) is 4.09. The number of unbranched alkanes of at least 4 members (excludes halogenated alkanes) is 1. The van der Waals surface area contributed by atoms with Crippen molar-refractivity contribution in [2.24, 2.45) is 0 Å². The third kappa shape index (κ3) is 5.11. The summed E-state index contributed by atoms with van der Waals surface area (Å²) in [6.45, 7) is 4.23. The first-order chi connectivity index (χ1) is 9.39. The molecule has 0 bridgehead atoms. The number of hydrogen-bond donors (Lipinski definition) is 1. The molecule has 7 heteroatoms. The summed E-state index contributed by atoms with van der Waals surface area (Å²) in [5, 5.41) is 2.60. The second-order valence-corrected chi connectivity index (χ2v) is 7.35. The monoisotopic (exact) mass is 304 g/mol. The van der Waals surface area contributed by atoms with Gasteiger partial charge in [-0.1, -0.05) is 13.3 Å². The van der Waals surface area contributed by atoms with Crippen molar-refractivity contribution in [2.45, 2.75) is 45.6 Å². The van der Waals surface area contributed by atoms with Gasteiger partial charge in [0.2, 0.25) is 11.8 Å². The van der Waals surface area contributed by atoms with Gasteiger partial charge in [0.05, 0.1) is 18.1 Å². The van der Waals surface area contributed by atoms with Crippen LogP contribution < -0.4 is 5.32 Å². The zero-order valence-corrected chi connectivity index (χ0v) is 13.0. The Hall–Kier alpha value is -1.11. The molecule has 1 rings (SSSR count). The van der Waals surface area contributed by atoms with Gasteiger partial charge in [-0.05, 0) is 19.8 Å². The molecule has 1 aliphatic heterocycles. The van der Waals surface area contributed by atoms with Crippen molar-refractivity contribution in [1.29, 1.82) is 0 Å². The summed E-state index contributed by atoms with van der Waals surface area (Å²) in [6.07, 6.45) is 2.65. The first-order valence-corrected chi connectivity index (χ1v) is 8.98. The molecular formula is C13H24N2O4S. The molecular weight excluding hydrogens is 280 g/mol. The molecule has 1 heterocycles. The summed E-state index contributed by atoms with van der Waals surface area (Å²) >= 11 is 0. The molecule has 0 aliphatic carbocycles. The molecule has 0 aromatic rings. The molecule has 116 valence electrons. The fraction of sp³-hybridized carbons (Fsp3) is 0.846. The summed E-state index contributed by atoms with van der Waals surface area (Å²) in [4.78, 5) is 25.1. The fourth-order valence-electron chi connectivity index (χ4n) is 2.36. The van der Waals surface area contributed by atoms with Gasteiger partial charge >= 0.3 is 0 Å². The molecule has 0 saturated carbocycles. The number of rotatable bonds is 7. The molecule has 1 saturated heterocycles. The Kier molecular flexibility index (Phi) is 6.45. The van der Waals surface area contributed by atoms with Gasteiger partial charge < -0.3 is 10.2 Å². The molecule has 2 amide bonds. The van der Waals surface area contributed by atoms with Crippen LogP contribution in [0.15, 0.2) is 0 Å². The number of sulfone groups is 1. The zero-order valence-electron chi connectivity index (χ0n) is 12.2. The quantitative estimate of drug-likeness (QED) is 0.734. The minimum Gasteiger partial charge on any atom is -0.347 e. The van der Waals surface area contributed by atoms with E-state index >= 15 is 0 Å². The van der Waals surface area contributed by atoms with E-state index in [0.29, 0.717) is 19.4 Å². The molecule has 1 atom stereocenters. The van der Waals surface area contributed by atoms with Gasteiger partial charge in [-0.25, -0.2) is 8.42 Å². The summed E-state index contributed by atoms with van der Waals surface area (Å²) in [7, 11) is -3.01. The highest BCUT2D eigenvalue weighted by atomic mass is 32.2. The Morgan fingerprint density at radius 1 is 1.30 bits per heavy atom. The average molecular weight is 304 g/mol. The van der Waals surface area contributed by atoms with Crippen molar-refractivity contribution in [1.82, 2.24) is 10.2 Å². The smallest absolute Gasteiger partial charge is 0.242 e. The number of carbonyl (C=O) groups excluding carboxylic acids is 2. The van der Waals surface area contributed by atoms with Gasteiger partial charge in [-0.3, -0.25) is 9.59 Å². The molecule has 1 N–H and O–H groups in total. The van der Waals surface area contributed by atoms with Crippen LogP contribution in [0, 0.1) is 0 Å². The van der Waals surface area contributed by atoms with Crippen molar-refractivity contribution in [3.05, 3.63) is 0 Å². The Balaban J connectivity index is 2.46. The Bertz CT molecular complexity index is 447. The van der Waals surface area contributed by atoms with E-state index in [1.54, 1.807) is 4.90 Å². The summed E-state index contributed by atoms with van der Waals surface area (Å²) in [5.74, 6) is -0.157. The van der Waals surface area contributed by atoms with Crippen molar-refractivity contribution in [3.8, 4) is 0 Å². The second kappa shape index (κ2) is 7.61. The lowest BCUT2D eigenvalue weighted by Crippen LogP contribution is -2.46. The van der Waals surface area contributed by atoms with Gasteiger partial charge in [0.25, 0.3) is 0 Å². The molecule has 0 spiro atoms. The standard InChI is InChI=1S/C13H24N2O4S/c1-3-5-6-12(16)14-9-13(17)15(4-2)11-7-8-20(18,19)10-11/h11H,3-10H2,1-2H3,(H,14,16). The normalized spacial score (nSPS) is 20.6. The Morgan fingerprint density at radius 3 is 2.50 bits per heavy atom. The largest absolute Gasteiger partial charge is 0.347 e. The summed E-state index contributed by atoms with van der Waals surface area (Å²) < 4.78 is 22.9. The maximum absolute atomic E-state index is 12.1. The van der Waals surface area contributed by atoms with Crippen LogP contribution >= 0.6 is 0 Å². The third-order valence-electron chi connectivity index (χ3n) is 3.50. The van der Waals surface area contributed by atoms with Crippen LogP contribution in [0.5, 0.6) is 0 Å². The minimum absolute atomic E-state index is 0.0381. The molecule has 1 unspecified atom stereocenters. The van der Waals surface area contributed by atoms with E-state index in [1.165, 1.54) is 0 Å². The van der Waals surface area contributed by atoms with Crippen molar-refractivity contribution >= 4 is 21.7 Å². The van der Waals surface area contributed by atoms with Crippen molar-refractivity contribution in [2.75, 3.05) is 24.6 Å². The maximum Gasteiger partial charge on any atom is 0.242 e. The van der Waals surface area contributed by atoms with Gasteiger partial charge in [0.1, 0.15) is 0 Å². The van der Waals surface area contributed by atoms with E-state index in [2.05, 4.69) is 5.32 Å². The topological polar surface area (TPSA) is 83.6 Å². The summed E-state index contributed by atoms with van der Waals surface area (Å²) in [6, 6.07) is -0.245. The highest BCUT2D eigenvalue weighted by Gasteiger charge is 2.33. The predicted octanol–water partition coefficient (Wildman–Crippen LogP) is 0.328. The van der Waals surface area contributed by atoms with Crippen molar-refractivity contribution < 1.29 is 18.0 Å². The Labute approximate surface area is 120 Å². The first-order valence-electron chi connectivity index (χ1n) is 7.16. The van der Waals surface area contributed by atoms with Crippen LogP contribution in [0.2, 0.25) is 0 Å². The lowest BCUT2D eigenvalue weighted by molar-refractivity contribution is -0.134. The van der Waals surface area contributed by atoms with Crippen LogP contribution in [0.25, 0.3) is 0 Å². The molecule has 1 aliphatic rings. The first kappa shape index (κ1) is 16.9. The highest BCUT2D eigenvalue weighted by Crippen LogP contribution is 2.17. The van der Waals surface area contributed by atoms with Crippen LogP contribution in [0.1, 0.15) is 39.5 Å². The number of hydrogen-bond acceptors (Lipinski definition) is 4. The number of amides is 2. The van der Waals surface area contributed by atoms with Crippen LogP contribution in [0.4, 0.5) is 0 Å². The molecule has 0 radical (unpaired) electrons. The number of nitrogens with one attached hydrogen (secondary N) is 1. The Morgan fingerprint density at radius 2 is 2.00 bits per heavy atom. The van der Waals surface area contributed by atoms with Gasteiger partial charge in [0.15, 0.2) is 9.84 Å². The SMILES string of the molecule is CCCCC(=O)NCC(=O)N(CC)C1CCS(=O)(=O)C1. The second-order valence-electron chi connectivity index (χ2n) is 5.12. The van der Waals surface area contributed by atoms with E-state index in [4.69, 9.17) is 0 Å². The van der Waals surface area contributed by atoms with Crippen LogP contribution in [-0.2, 0) is 19.4 Å². The van der Waals surface area contributed by atoms with Gasteiger partial charge in [-0.2, -0.15) is 0 Å². The van der Waals surface area contributed by atoms with E-state index in [-0.39, 0.29) is 35.9 Å². The van der Waals surface area contributed by atoms with Gasteiger partial charge in [-0.15, -0.1) is 0 Å². The molecule has 1 fully saturated rings. The number of carbonyl (C=O) groups is 2. The molecule has 0 aromatic heterocycles. The van der Waals surface area contributed by atoms with Crippen LogP contribution in [-0.4, -0.2) is 55.8 Å². The maximum atomic E-state index is 12.1. The van der Waals surface area contributed by atoms with E-state index < -0.39 is 9.84 Å².